The second-order valence-corrected chi connectivity index (χ2v) is 8.01. The van der Waals surface area contributed by atoms with Gasteiger partial charge >= 0.3 is 0 Å². The number of hydrogen-bond acceptors (Lipinski definition) is 5. The number of aromatic amines is 1. The summed E-state index contributed by atoms with van der Waals surface area (Å²) in [7, 11) is 0. The predicted octanol–water partition coefficient (Wildman–Crippen LogP) is 2.32. The van der Waals surface area contributed by atoms with E-state index < -0.39 is 0 Å². The molecule has 7 heteroatoms. The first-order valence-corrected chi connectivity index (χ1v) is 10.6. The van der Waals surface area contributed by atoms with Crippen molar-refractivity contribution in [1.29, 1.82) is 0 Å². The van der Waals surface area contributed by atoms with Crippen molar-refractivity contribution in [1.82, 2.24) is 14.9 Å². The number of rotatable bonds is 3. The van der Waals surface area contributed by atoms with Gasteiger partial charge in [0.2, 0.25) is 11.5 Å². The van der Waals surface area contributed by atoms with Crippen LogP contribution >= 0.6 is 0 Å². The van der Waals surface area contributed by atoms with Crippen LogP contribution in [0.3, 0.4) is 0 Å². The van der Waals surface area contributed by atoms with Gasteiger partial charge in [-0.3, -0.25) is 14.6 Å². The number of nitrogens with zero attached hydrogens (tertiary/aromatic N) is 4. The van der Waals surface area contributed by atoms with Crippen LogP contribution in [0.4, 0.5) is 11.5 Å². The minimum absolute atomic E-state index is 0.00358. The molecule has 158 valence electrons. The van der Waals surface area contributed by atoms with E-state index in [2.05, 4.69) is 32.4 Å². The van der Waals surface area contributed by atoms with Crippen LogP contribution in [-0.4, -0.2) is 53.5 Å². The Bertz CT molecular complexity index is 1210. The van der Waals surface area contributed by atoms with Crippen molar-refractivity contribution in [3.63, 3.8) is 0 Å². The number of carbonyl (C=O) groups is 1. The van der Waals surface area contributed by atoms with Crippen molar-refractivity contribution in [3.8, 4) is 0 Å². The summed E-state index contributed by atoms with van der Waals surface area (Å²) in [4.78, 5) is 38.2. The Kier molecular flexibility index (Phi) is 4.94. The molecular weight excluding hydrogens is 390 g/mol. The quantitative estimate of drug-likeness (QED) is 0.665. The first kappa shape index (κ1) is 19.4. The maximum Gasteiger partial charge on any atom is 0.250 e. The lowest BCUT2D eigenvalue weighted by atomic mass is 10.0. The molecule has 0 bridgehead atoms. The standard InChI is InChI=1S/C24H25N5O2/c1-2-23(31)28-13-11-27(12-14-28)21-7-9-25-20-16-29(10-8-19(20)21)24-18-6-4-3-5-17(18)15-22(30)26-24/h2-7,9,15H,1,8,10-14,16H2,(H,26,30). The number of hydrogen-bond donors (Lipinski definition) is 1. The molecule has 1 amide bonds. The summed E-state index contributed by atoms with van der Waals surface area (Å²) in [5.74, 6) is 0.855. The van der Waals surface area contributed by atoms with Crippen molar-refractivity contribution in [3.05, 3.63) is 76.9 Å². The summed E-state index contributed by atoms with van der Waals surface area (Å²) in [6.07, 6.45) is 4.11. The number of H-pyrrole nitrogens is 1. The molecular formula is C24H25N5O2. The Hall–Kier alpha value is -3.61. The van der Waals surface area contributed by atoms with Crippen LogP contribution in [0.2, 0.25) is 0 Å². The van der Waals surface area contributed by atoms with Crippen molar-refractivity contribution in [2.24, 2.45) is 0 Å². The molecule has 1 fully saturated rings. The zero-order chi connectivity index (χ0) is 21.4. The van der Waals surface area contributed by atoms with Gasteiger partial charge in [-0.15, -0.1) is 0 Å². The number of benzene rings is 1. The minimum Gasteiger partial charge on any atom is -0.368 e. The summed E-state index contributed by atoms with van der Waals surface area (Å²) in [5, 5.41) is 1.99. The maximum atomic E-state index is 12.2. The van der Waals surface area contributed by atoms with E-state index in [-0.39, 0.29) is 11.5 Å². The van der Waals surface area contributed by atoms with Gasteiger partial charge in [-0.2, -0.15) is 0 Å². The van der Waals surface area contributed by atoms with Crippen LogP contribution < -0.4 is 15.4 Å². The fraction of sp³-hybridized carbons (Fsp3) is 0.292. The fourth-order valence-electron chi connectivity index (χ4n) is 4.67. The molecule has 2 aliphatic heterocycles. The van der Waals surface area contributed by atoms with Crippen LogP contribution in [0.1, 0.15) is 11.3 Å². The van der Waals surface area contributed by atoms with Crippen molar-refractivity contribution >= 4 is 28.2 Å². The monoisotopic (exact) mass is 415 g/mol. The Morgan fingerprint density at radius 1 is 1.06 bits per heavy atom. The van der Waals surface area contributed by atoms with E-state index in [1.807, 2.05) is 35.4 Å². The molecule has 31 heavy (non-hydrogen) atoms. The molecule has 0 atom stereocenters. The van der Waals surface area contributed by atoms with Gasteiger partial charge in [0.05, 0.1) is 12.2 Å². The van der Waals surface area contributed by atoms with Gasteiger partial charge in [0.25, 0.3) is 0 Å². The Morgan fingerprint density at radius 3 is 2.68 bits per heavy atom. The molecule has 7 nitrogen and oxygen atoms in total. The largest absolute Gasteiger partial charge is 0.368 e. The number of aromatic nitrogens is 2. The van der Waals surface area contributed by atoms with Gasteiger partial charge in [0, 0.05) is 61.6 Å². The minimum atomic E-state index is -0.0897. The van der Waals surface area contributed by atoms with Crippen molar-refractivity contribution < 1.29 is 4.79 Å². The van der Waals surface area contributed by atoms with Crippen molar-refractivity contribution in [2.75, 3.05) is 42.5 Å². The zero-order valence-electron chi connectivity index (χ0n) is 17.4. The van der Waals surface area contributed by atoms with Gasteiger partial charge in [-0.05, 0) is 23.9 Å². The van der Waals surface area contributed by atoms with E-state index in [9.17, 15) is 9.59 Å². The summed E-state index contributed by atoms with van der Waals surface area (Å²) < 4.78 is 0. The Balaban J connectivity index is 1.41. The molecule has 1 saturated heterocycles. The lowest BCUT2D eigenvalue weighted by molar-refractivity contribution is -0.126. The van der Waals surface area contributed by atoms with Crippen LogP contribution in [0, 0.1) is 0 Å². The van der Waals surface area contributed by atoms with E-state index in [0.717, 1.165) is 48.3 Å². The molecule has 1 N–H and O–H groups in total. The molecule has 0 saturated carbocycles. The number of pyridine rings is 2. The van der Waals surface area contributed by atoms with Crippen LogP contribution in [-0.2, 0) is 17.8 Å². The van der Waals surface area contributed by atoms with Crippen LogP contribution in [0.5, 0.6) is 0 Å². The summed E-state index contributed by atoms with van der Waals surface area (Å²) in [5.41, 5.74) is 3.43. The molecule has 0 spiro atoms. The van der Waals surface area contributed by atoms with E-state index in [1.165, 1.54) is 17.3 Å². The fourth-order valence-corrected chi connectivity index (χ4v) is 4.67. The Labute approximate surface area is 180 Å². The Morgan fingerprint density at radius 2 is 1.87 bits per heavy atom. The van der Waals surface area contributed by atoms with Gasteiger partial charge in [-0.25, -0.2) is 0 Å². The smallest absolute Gasteiger partial charge is 0.250 e. The summed E-state index contributed by atoms with van der Waals surface area (Å²) in [6, 6.07) is 11.7. The van der Waals surface area contributed by atoms with E-state index in [4.69, 9.17) is 0 Å². The second kappa shape index (κ2) is 7.91. The van der Waals surface area contributed by atoms with E-state index >= 15 is 0 Å². The zero-order valence-corrected chi connectivity index (χ0v) is 17.4. The van der Waals surface area contributed by atoms with Gasteiger partial charge in [0.15, 0.2) is 0 Å². The number of nitrogens with one attached hydrogen (secondary N) is 1. The highest BCUT2D eigenvalue weighted by molar-refractivity contribution is 5.92. The van der Waals surface area contributed by atoms with Crippen molar-refractivity contribution in [2.45, 2.75) is 13.0 Å². The molecule has 0 aliphatic carbocycles. The second-order valence-electron chi connectivity index (χ2n) is 8.01. The topological polar surface area (TPSA) is 72.5 Å². The average Bonchev–Trinajstić information content (AvgIpc) is 2.82. The lowest BCUT2D eigenvalue weighted by Crippen LogP contribution is -2.48. The van der Waals surface area contributed by atoms with Crippen LogP contribution in [0.15, 0.2) is 60.0 Å². The number of amides is 1. The highest BCUT2D eigenvalue weighted by Gasteiger charge is 2.26. The number of anilines is 2. The van der Waals surface area contributed by atoms with Gasteiger partial charge in [0.1, 0.15) is 5.82 Å². The number of carbonyl (C=O) groups excluding carboxylic acids is 1. The van der Waals surface area contributed by atoms with Crippen LogP contribution in [0.25, 0.3) is 10.8 Å². The molecule has 2 aromatic heterocycles. The third-order valence-corrected chi connectivity index (χ3v) is 6.26. The third kappa shape index (κ3) is 3.56. The first-order valence-electron chi connectivity index (χ1n) is 10.6. The number of fused-ring (bicyclic) bond motifs is 2. The molecule has 0 radical (unpaired) electrons. The van der Waals surface area contributed by atoms with Gasteiger partial charge in [-0.1, -0.05) is 30.8 Å². The van der Waals surface area contributed by atoms with E-state index in [0.29, 0.717) is 19.6 Å². The molecule has 0 unspecified atom stereocenters. The first-order chi connectivity index (χ1) is 15.1. The normalized spacial score (nSPS) is 16.3. The lowest BCUT2D eigenvalue weighted by Gasteiger charge is -2.38. The third-order valence-electron chi connectivity index (χ3n) is 6.26. The highest BCUT2D eigenvalue weighted by Crippen LogP contribution is 2.32. The molecule has 5 rings (SSSR count). The van der Waals surface area contributed by atoms with Gasteiger partial charge < -0.3 is 19.7 Å². The molecule has 1 aromatic carbocycles. The molecule has 2 aliphatic rings. The summed E-state index contributed by atoms with van der Waals surface area (Å²) in [6.45, 7) is 8.06. The average molecular weight is 415 g/mol. The summed E-state index contributed by atoms with van der Waals surface area (Å²) >= 11 is 0. The van der Waals surface area contributed by atoms with E-state index in [1.54, 1.807) is 6.07 Å². The number of piperazine rings is 1. The maximum absolute atomic E-state index is 12.2. The highest BCUT2D eigenvalue weighted by atomic mass is 16.2. The predicted molar refractivity (Wildman–Crippen MR) is 123 cm³/mol. The molecule has 3 aromatic rings. The molecule has 4 heterocycles. The SMILES string of the molecule is C=CC(=O)N1CCN(c2ccnc3c2CCN(c2[nH]c(=O)cc4ccccc24)C3)CC1.